The molecule has 0 fully saturated rings. The molecule has 0 radical (unpaired) electrons. The summed E-state index contributed by atoms with van der Waals surface area (Å²) in [6.07, 6.45) is 8.87. The van der Waals surface area contributed by atoms with E-state index >= 15 is 0 Å². The third kappa shape index (κ3) is 6.39. The molecule has 0 aliphatic rings. The van der Waals surface area contributed by atoms with Crippen LogP contribution < -0.4 is 0 Å². The molecule has 1 rings (SSSR count). The zero-order valence-corrected chi connectivity index (χ0v) is 12.2. The molecular formula is C14H19BrS. The second kappa shape index (κ2) is 8.89. The molecule has 0 aliphatic heterocycles. The normalized spacial score (nSPS) is 11.1. The zero-order chi connectivity index (χ0) is 11.6. The molecule has 16 heavy (non-hydrogen) atoms. The van der Waals surface area contributed by atoms with E-state index in [1.165, 1.54) is 37.0 Å². The van der Waals surface area contributed by atoms with Crippen LogP contribution in [0, 0.1) is 0 Å². The monoisotopic (exact) mass is 298 g/mol. The molecule has 0 saturated carbocycles. The second-order valence-electron chi connectivity index (χ2n) is 3.79. The quantitative estimate of drug-likeness (QED) is 0.438. The molecular weight excluding hydrogens is 280 g/mol. The first-order valence-electron chi connectivity index (χ1n) is 5.90. The molecule has 1 aromatic rings. The summed E-state index contributed by atoms with van der Waals surface area (Å²) in [7, 11) is 0. The van der Waals surface area contributed by atoms with Gasteiger partial charge in [-0.25, -0.2) is 0 Å². The largest absolute Gasteiger partial charge is 0.0984 e. The van der Waals surface area contributed by atoms with E-state index in [0.29, 0.717) is 0 Å². The summed E-state index contributed by atoms with van der Waals surface area (Å²) < 4.78 is 1.14. The fourth-order valence-corrected chi connectivity index (χ4v) is 2.34. The summed E-state index contributed by atoms with van der Waals surface area (Å²) in [5.74, 6) is 0. The molecule has 0 atom stereocenters. The first kappa shape index (κ1) is 13.9. The lowest BCUT2D eigenvalue weighted by atomic mass is 10.2. The highest BCUT2D eigenvalue weighted by molar-refractivity contribution is 9.10. The van der Waals surface area contributed by atoms with Gasteiger partial charge in [0.1, 0.15) is 0 Å². The molecule has 0 aromatic heterocycles. The Kier molecular flexibility index (Phi) is 7.69. The van der Waals surface area contributed by atoms with E-state index in [-0.39, 0.29) is 0 Å². The van der Waals surface area contributed by atoms with Crippen LogP contribution in [0.2, 0.25) is 0 Å². The lowest BCUT2D eigenvalue weighted by Crippen LogP contribution is -1.73. The van der Waals surface area contributed by atoms with Gasteiger partial charge in [0, 0.05) is 9.37 Å². The highest BCUT2D eigenvalue weighted by Gasteiger charge is 1.90. The van der Waals surface area contributed by atoms with Gasteiger partial charge in [0.05, 0.1) is 0 Å². The van der Waals surface area contributed by atoms with Crippen LogP contribution in [-0.4, -0.2) is 0 Å². The predicted molar refractivity (Wildman–Crippen MR) is 77.9 cm³/mol. The van der Waals surface area contributed by atoms with Gasteiger partial charge in [-0.3, -0.25) is 0 Å². The average Bonchev–Trinajstić information content (AvgIpc) is 2.30. The molecule has 1 aromatic carbocycles. The predicted octanol–water partition coefficient (Wildman–Crippen LogP) is 6.03. The van der Waals surface area contributed by atoms with Crippen molar-refractivity contribution >= 4 is 27.7 Å². The molecule has 88 valence electrons. The Labute approximate surface area is 112 Å². The van der Waals surface area contributed by atoms with Gasteiger partial charge in [-0.2, -0.15) is 0 Å². The van der Waals surface area contributed by atoms with Crippen molar-refractivity contribution in [1.29, 1.82) is 0 Å². The number of allylic oxidation sites excluding steroid dienone is 1. The Morgan fingerprint density at radius 1 is 1.12 bits per heavy atom. The summed E-state index contributed by atoms with van der Waals surface area (Å²) in [6.45, 7) is 2.25. The van der Waals surface area contributed by atoms with Gasteiger partial charge in [0.15, 0.2) is 0 Å². The number of hydrogen-bond acceptors (Lipinski definition) is 1. The molecule has 0 heterocycles. The average molecular weight is 299 g/mol. The van der Waals surface area contributed by atoms with Crippen molar-refractivity contribution < 1.29 is 0 Å². The standard InChI is InChI=1S/C14H19BrS/c1-2-3-4-5-6-7-12-16-14-10-8-13(15)9-11-14/h7-12H,2-6H2,1H3. The van der Waals surface area contributed by atoms with Crippen molar-refractivity contribution in [3.63, 3.8) is 0 Å². The van der Waals surface area contributed by atoms with Gasteiger partial charge in [-0.15, -0.1) is 0 Å². The molecule has 0 aliphatic carbocycles. The Bertz CT molecular complexity index is 303. The van der Waals surface area contributed by atoms with E-state index in [2.05, 4.69) is 58.6 Å². The van der Waals surface area contributed by atoms with E-state index in [0.717, 1.165) is 4.47 Å². The number of thioether (sulfide) groups is 1. The van der Waals surface area contributed by atoms with E-state index in [4.69, 9.17) is 0 Å². The van der Waals surface area contributed by atoms with Crippen molar-refractivity contribution in [1.82, 2.24) is 0 Å². The van der Waals surface area contributed by atoms with Crippen LogP contribution in [0.15, 0.2) is 45.1 Å². The van der Waals surface area contributed by atoms with Crippen LogP contribution in [0.5, 0.6) is 0 Å². The Hall–Kier alpha value is -0.210. The van der Waals surface area contributed by atoms with E-state index in [1.807, 2.05) is 0 Å². The maximum atomic E-state index is 3.44. The molecule has 0 bridgehead atoms. The smallest absolute Gasteiger partial charge is 0.0176 e. The molecule has 0 N–H and O–H groups in total. The van der Waals surface area contributed by atoms with Gasteiger partial charge >= 0.3 is 0 Å². The van der Waals surface area contributed by atoms with Crippen molar-refractivity contribution in [2.24, 2.45) is 0 Å². The van der Waals surface area contributed by atoms with Gasteiger partial charge in [-0.1, -0.05) is 60.0 Å². The van der Waals surface area contributed by atoms with Crippen LogP contribution in [0.1, 0.15) is 39.0 Å². The molecule has 0 amide bonds. The van der Waals surface area contributed by atoms with E-state index < -0.39 is 0 Å². The first-order valence-corrected chi connectivity index (χ1v) is 7.57. The van der Waals surface area contributed by atoms with Gasteiger partial charge in [-0.05, 0) is 42.5 Å². The highest BCUT2D eigenvalue weighted by Crippen LogP contribution is 2.21. The summed E-state index contributed by atoms with van der Waals surface area (Å²) in [6, 6.07) is 8.43. The third-order valence-corrected chi connectivity index (χ3v) is 3.74. The number of unbranched alkanes of at least 4 members (excludes halogenated alkanes) is 4. The minimum absolute atomic E-state index is 1.14. The molecule has 0 saturated heterocycles. The summed E-state index contributed by atoms with van der Waals surface area (Å²) in [5, 5.41) is 2.20. The Morgan fingerprint density at radius 3 is 2.56 bits per heavy atom. The topological polar surface area (TPSA) is 0 Å². The van der Waals surface area contributed by atoms with Crippen LogP contribution in [0.3, 0.4) is 0 Å². The second-order valence-corrected chi connectivity index (χ2v) is 5.69. The van der Waals surface area contributed by atoms with Crippen LogP contribution in [-0.2, 0) is 0 Å². The SMILES string of the molecule is CCCCCCC=CSc1ccc(Br)cc1. The van der Waals surface area contributed by atoms with Crippen molar-refractivity contribution in [3.05, 3.63) is 40.2 Å². The summed E-state index contributed by atoms with van der Waals surface area (Å²) >= 11 is 5.23. The molecule has 2 heteroatoms. The number of hydrogen-bond donors (Lipinski definition) is 0. The molecule has 0 nitrogen and oxygen atoms in total. The fraction of sp³-hybridized carbons (Fsp3) is 0.429. The fourth-order valence-electron chi connectivity index (χ4n) is 1.40. The van der Waals surface area contributed by atoms with Crippen molar-refractivity contribution in [2.75, 3.05) is 0 Å². The lowest BCUT2D eigenvalue weighted by Gasteiger charge is -1.96. The lowest BCUT2D eigenvalue weighted by molar-refractivity contribution is 0.675. The number of halogens is 1. The highest BCUT2D eigenvalue weighted by atomic mass is 79.9. The van der Waals surface area contributed by atoms with Crippen LogP contribution in [0.4, 0.5) is 0 Å². The Balaban J connectivity index is 2.14. The van der Waals surface area contributed by atoms with Gasteiger partial charge < -0.3 is 0 Å². The maximum Gasteiger partial charge on any atom is 0.0176 e. The van der Waals surface area contributed by atoms with Gasteiger partial charge in [0.25, 0.3) is 0 Å². The van der Waals surface area contributed by atoms with Crippen LogP contribution >= 0.6 is 27.7 Å². The number of rotatable bonds is 7. The Morgan fingerprint density at radius 2 is 1.88 bits per heavy atom. The summed E-state index contributed by atoms with van der Waals surface area (Å²) in [4.78, 5) is 1.30. The van der Waals surface area contributed by atoms with Crippen molar-refractivity contribution in [2.45, 2.75) is 43.9 Å². The maximum absolute atomic E-state index is 3.44. The first-order chi connectivity index (χ1) is 7.83. The third-order valence-electron chi connectivity index (χ3n) is 2.34. The minimum Gasteiger partial charge on any atom is -0.0984 e. The van der Waals surface area contributed by atoms with Crippen LogP contribution in [0.25, 0.3) is 0 Å². The van der Waals surface area contributed by atoms with Gasteiger partial charge in [0.2, 0.25) is 0 Å². The summed E-state index contributed by atoms with van der Waals surface area (Å²) in [5.41, 5.74) is 0. The minimum atomic E-state index is 1.14. The van der Waals surface area contributed by atoms with E-state index in [1.54, 1.807) is 11.8 Å². The number of benzene rings is 1. The molecule has 0 spiro atoms. The van der Waals surface area contributed by atoms with E-state index in [9.17, 15) is 0 Å². The van der Waals surface area contributed by atoms with Crippen molar-refractivity contribution in [3.8, 4) is 0 Å². The zero-order valence-electron chi connectivity index (χ0n) is 9.79. The molecule has 0 unspecified atom stereocenters.